The molecular weight excluding hydrogens is 1080 g/mol. The second-order valence-electron chi connectivity index (χ2n) is 17.0. The molecule has 0 spiro atoms. The number of aliphatic hydroxyl groups excluding tert-OH is 2. The van der Waals surface area contributed by atoms with Crippen LogP contribution >= 0.6 is 48.8 Å². The first-order valence-corrected chi connectivity index (χ1v) is 27.3. The number of carbonyl (C=O) groups excluding carboxylic acids is 11. The Labute approximate surface area is 457 Å². The molecule has 1 aromatic carbocycles. The SMILES string of the molecule is CSCC[C@H](NC(=O)[C@H](CS)NC(=O)[C@H](CO)NC(=O)[C@H](CO)NC(=O)[C@H](CC(N)=O)NC(=O)[C@H](CS)NC(=O)[C@H](CCSC)NC(=O)[C@@H](N)Cc1ccc(O)cc1)C(=O)NCC(=O)NCC(=O)N[C@H](C(=O)O)C(C)C. The quantitative estimate of drug-likeness (QED) is 0.0278. The molecule has 0 saturated carbocycles. The highest BCUT2D eigenvalue weighted by Gasteiger charge is 2.35. The van der Waals surface area contributed by atoms with E-state index < -0.39 is 170 Å². The third-order valence-corrected chi connectivity index (χ3v) is 12.7. The van der Waals surface area contributed by atoms with Crippen LogP contribution in [0.3, 0.4) is 0 Å². The molecule has 0 aliphatic heterocycles. The Kier molecular flexibility index (Phi) is 32.2. The molecule has 0 unspecified atom stereocenters. The van der Waals surface area contributed by atoms with Crippen LogP contribution in [-0.4, -0.2) is 208 Å². The first kappa shape index (κ1) is 68.0. The number of aromatic hydroxyl groups is 1. The van der Waals surface area contributed by atoms with Crippen LogP contribution in [-0.2, 0) is 64.0 Å². The van der Waals surface area contributed by atoms with E-state index in [1.807, 2.05) is 0 Å². The summed E-state index contributed by atoms with van der Waals surface area (Å²) in [6.45, 7) is -0.341. The highest BCUT2D eigenvalue weighted by Crippen LogP contribution is 2.12. The normalized spacial score (nSPS) is 14.5. The molecule has 9 atom stereocenters. The summed E-state index contributed by atoms with van der Waals surface area (Å²) in [5.41, 5.74) is 12.1. The van der Waals surface area contributed by atoms with Crippen LogP contribution in [0.25, 0.3) is 0 Å². The molecule has 0 aliphatic rings. The van der Waals surface area contributed by atoms with Crippen LogP contribution in [0.5, 0.6) is 5.75 Å². The number of aliphatic hydroxyl groups is 2. The molecule has 0 heterocycles. The minimum atomic E-state index is -1.91. The van der Waals surface area contributed by atoms with Gasteiger partial charge >= 0.3 is 5.97 Å². The summed E-state index contributed by atoms with van der Waals surface area (Å²) in [7, 11) is 0. The number of rotatable bonds is 36. The minimum Gasteiger partial charge on any atom is -0.508 e. The molecular formula is C44H70N12O16S4. The molecule has 426 valence electrons. The number of phenolic OH excluding ortho intramolecular Hbond substituents is 1. The van der Waals surface area contributed by atoms with Gasteiger partial charge < -0.3 is 85.1 Å². The molecule has 0 aliphatic carbocycles. The number of hydrogen-bond acceptors (Lipinski definition) is 20. The van der Waals surface area contributed by atoms with Crippen molar-refractivity contribution in [3.8, 4) is 5.75 Å². The first-order valence-electron chi connectivity index (χ1n) is 23.3. The van der Waals surface area contributed by atoms with Crippen molar-refractivity contribution in [3.63, 3.8) is 0 Å². The largest absolute Gasteiger partial charge is 0.508 e. The Morgan fingerprint density at radius 2 is 0.947 bits per heavy atom. The number of aliphatic carboxylic acids is 1. The maximum absolute atomic E-state index is 13.5. The van der Waals surface area contributed by atoms with Gasteiger partial charge in [0, 0.05) is 11.5 Å². The number of primary amides is 1. The van der Waals surface area contributed by atoms with E-state index in [2.05, 4.69) is 78.4 Å². The Bertz CT molecular complexity index is 2170. The standard InChI is InChI=1S/C44H70N12O16S4/c1-21(2)35(44(71)72)56-34(62)16-47-33(61)15-48-37(64)25(9-11-75-3)50-42(69)30(19-73)55-41(68)29(18-58)53-40(67)28(17-57)52-39(66)27(14-32(46)60)51-43(70)31(20-74)54-38(65)26(10-12-76-4)49-36(63)24(45)13-22-5-7-23(59)8-6-22/h5-8,21,24-31,35,57-59,73-74H,9-20,45H2,1-4H3,(H2,46,60)(H,47,61)(H,48,64)(H,49,63)(H,50,69)(H,51,70)(H,52,66)(H,53,67)(H,54,65)(H,55,68)(H,56,62)(H,71,72)/t24-,25-,26-,27-,28-,29-,30-,31-,35-/m0/s1. The summed E-state index contributed by atoms with van der Waals surface area (Å²) < 4.78 is 0. The second kappa shape index (κ2) is 36.1. The van der Waals surface area contributed by atoms with Gasteiger partial charge in [0.05, 0.1) is 38.8 Å². The fourth-order valence-electron chi connectivity index (χ4n) is 6.36. The van der Waals surface area contributed by atoms with Crippen molar-refractivity contribution in [1.82, 2.24) is 53.2 Å². The van der Waals surface area contributed by atoms with Crippen LogP contribution in [0, 0.1) is 5.92 Å². The number of hydrogen-bond donors (Lipinski definition) is 18. The van der Waals surface area contributed by atoms with Gasteiger partial charge in [0.15, 0.2) is 0 Å². The molecule has 1 rings (SSSR count). The first-order chi connectivity index (χ1) is 35.8. The van der Waals surface area contributed by atoms with E-state index in [-0.39, 0.29) is 30.8 Å². The summed E-state index contributed by atoms with van der Waals surface area (Å²) in [4.78, 5) is 154. The van der Waals surface area contributed by atoms with E-state index in [0.29, 0.717) is 17.1 Å². The lowest BCUT2D eigenvalue weighted by atomic mass is 10.0. The number of thiol groups is 2. The third kappa shape index (κ3) is 25.2. The molecule has 32 heteroatoms. The zero-order valence-electron chi connectivity index (χ0n) is 42.1. The monoisotopic (exact) mass is 1150 g/mol. The fraction of sp³-hybridized carbons (Fsp3) is 0.591. The molecule has 0 radical (unpaired) electrons. The van der Waals surface area contributed by atoms with Crippen LogP contribution in [0.4, 0.5) is 0 Å². The second-order valence-corrected chi connectivity index (χ2v) is 19.7. The predicted molar refractivity (Wildman–Crippen MR) is 285 cm³/mol. The van der Waals surface area contributed by atoms with Crippen LogP contribution < -0.4 is 64.6 Å². The van der Waals surface area contributed by atoms with Crippen molar-refractivity contribution in [1.29, 1.82) is 0 Å². The number of carbonyl (C=O) groups is 12. The molecule has 1 aromatic rings. The van der Waals surface area contributed by atoms with E-state index >= 15 is 0 Å². The van der Waals surface area contributed by atoms with E-state index in [1.165, 1.54) is 35.7 Å². The van der Waals surface area contributed by atoms with Crippen molar-refractivity contribution in [2.45, 2.75) is 93.9 Å². The lowest BCUT2D eigenvalue weighted by molar-refractivity contribution is -0.143. The zero-order valence-corrected chi connectivity index (χ0v) is 45.5. The maximum Gasteiger partial charge on any atom is 0.326 e. The van der Waals surface area contributed by atoms with Crippen molar-refractivity contribution in [2.24, 2.45) is 17.4 Å². The van der Waals surface area contributed by atoms with Crippen LogP contribution in [0.2, 0.25) is 0 Å². The van der Waals surface area contributed by atoms with Gasteiger partial charge in [-0.25, -0.2) is 4.79 Å². The molecule has 0 fully saturated rings. The molecule has 0 bridgehead atoms. The maximum atomic E-state index is 13.5. The van der Waals surface area contributed by atoms with Gasteiger partial charge in [0.25, 0.3) is 0 Å². The smallest absolute Gasteiger partial charge is 0.326 e. The van der Waals surface area contributed by atoms with Gasteiger partial charge in [0.2, 0.25) is 65.0 Å². The minimum absolute atomic E-state index is 0.0102. The van der Waals surface area contributed by atoms with Gasteiger partial charge in [-0.15, -0.1) is 0 Å². The topological polar surface area (TPSA) is 458 Å². The average Bonchev–Trinajstić information content (AvgIpc) is 3.37. The van der Waals surface area contributed by atoms with E-state index in [1.54, 1.807) is 38.5 Å². The van der Waals surface area contributed by atoms with Crippen molar-refractivity contribution < 1.29 is 78.0 Å². The number of amides is 11. The van der Waals surface area contributed by atoms with Crippen molar-refractivity contribution >= 4 is 120 Å². The van der Waals surface area contributed by atoms with Crippen LogP contribution in [0.15, 0.2) is 24.3 Å². The van der Waals surface area contributed by atoms with E-state index in [0.717, 1.165) is 0 Å². The predicted octanol–water partition coefficient (Wildman–Crippen LogP) is -6.66. The Balaban J connectivity index is 3.01. The lowest BCUT2D eigenvalue weighted by Gasteiger charge is -2.26. The number of nitrogens with two attached hydrogens (primary N) is 2. The summed E-state index contributed by atoms with van der Waals surface area (Å²) in [5, 5.41) is 61.9. The van der Waals surface area contributed by atoms with Gasteiger partial charge in [-0.1, -0.05) is 26.0 Å². The lowest BCUT2D eigenvalue weighted by Crippen LogP contribution is -2.62. The van der Waals surface area contributed by atoms with Gasteiger partial charge in [-0.05, 0) is 66.9 Å². The molecule has 11 amide bonds. The third-order valence-electron chi connectivity index (χ3n) is 10.6. The molecule has 76 heavy (non-hydrogen) atoms. The number of benzene rings is 1. The van der Waals surface area contributed by atoms with Crippen molar-refractivity contribution in [3.05, 3.63) is 29.8 Å². The van der Waals surface area contributed by atoms with Crippen molar-refractivity contribution in [2.75, 3.05) is 61.8 Å². The number of carboxylic acid groups (broad SMARTS) is 1. The van der Waals surface area contributed by atoms with Gasteiger partial charge in [-0.3, -0.25) is 52.7 Å². The number of thioether (sulfide) groups is 2. The summed E-state index contributed by atoms with van der Waals surface area (Å²) in [6.07, 6.45) is 2.80. The molecule has 0 aromatic heterocycles. The average molecular weight is 1150 g/mol. The van der Waals surface area contributed by atoms with Gasteiger partial charge in [-0.2, -0.15) is 48.8 Å². The van der Waals surface area contributed by atoms with Crippen LogP contribution in [0.1, 0.15) is 38.7 Å². The highest BCUT2D eigenvalue weighted by molar-refractivity contribution is 7.98. The summed E-state index contributed by atoms with van der Waals surface area (Å²) in [5.74, 6) is -12.6. The van der Waals surface area contributed by atoms with Gasteiger partial charge in [0.1, 0.15) is 54.1 Å². The Morgan fingerprint density at radius 1 is 0.553 bits per heavy atom. The van der Waals surface area contributed by atoms with E-state index in [9.17, 15) is 78.0 Å². The zero-order chi connectivity index (χ0) is 57.7. The summed E-state index contributed by atoms with van der Waals surface area (Å²) >= 11 is 10.9. The number of phenols is 1. The molecule has 28 nitrogen and oxygen atoms in total. The number of nitrogens with one attached hydrogen (secondary N) is 10. The summed E-state index contributed by atoms with van der Waals surface area (Å²) in [6, 6.07) is -7.38. The fourth-order valence-corrected chi connectivity index (χ4v) is 7.81. The Hall–Kier alpha value is -6.06. The Morgan fingerprint density at radius 3 is 1.38 bits per heavy atom. The highest BCUT2D eigenvalue weighted by atomic mass is 32.2. The molecule has 18 N–H and O–H groups in total. The number of carboxylic acids is 1. The van der Waals surface area contributed by atoms with E-state index in [4.69, 9.17) is 11.5 Å². The molecule has 0 saturated heterocycles.